The first-order valence-electron chi connectivity index (χ1n) is 10.3. The number of hydroxylamine groups is 1. The van der Waals surface area contributed by atoms with Crippen LogP contribution in [0.25, 0.3) is 11.0 Å². The van der Waals surface area contributed by atoms with Gasteiger partial charge in [0, 0.05) is 11.0 Å². The molecule has 7 nitrogen and oxygen atoms in total. The SMILES string of the molecule is C=C/C(=C\C=C/C)Cn1cnc2c(F)c(Nc3ccc(Br)cc3Cl)c(C(=O)NOCCO)cc21. The first-order chi connectivity index (χ1) is 16.4. The number of aromatic nitrogens is 2. The molecule has 0 atom stereocenters. The highest BCUT2D eigenvalue weighted by Gasteiger charge is 2.23. The van der Waals surface area contributed by atoms with Crippen molar-refractivity contribution in [3.05, 3.63) is 87.9 Å². The lowest BCUT2D eigenvalue weighted by Crippen LogP contribution is -2.26. The van der Waals surface area contributed by atoms with Crippen molar-refractivity contribution < 1.29 is 19.1 Å². The third-order valence-electron chi connectivity index (χ3n) is 4.77. The lowest BCUT2D eigenvalue weighted by molar-refractivity contribution is 0.0169. The summed E-state index contributed by atoms with van der Waals surface area (Å²) in [4.78, 5) is 22.1. The second kappa shape index (κ2) is 11.9. The Labute approximate surface area is 209 Å². The fraction of sp³-hybridized carbons (Fsp3) is 0.167. The average molecular weight is 550 g/mol. The van der Waals surface area contributed by atoms with E-state index in [1.54, 1.807) is 28.8 Å². The van der Waals surface area contributed by atoms with Gasteiger partial charge in [0.25, 0.3) is 5.91 Å². The van der Waals surface area contributed by atoms with Gasteiger partial charge in [0.05, 0.1) is 47.0 Å². The van der Waals surface area contributed by atoms with Crippen LogP contribution in [0.4, 0.5) is 15.8 Å². The van der Waals surface area contributed by atoms with Crippen molar-refractivity contribution in [1.82, 2.24) is 15.0 Å². The maximum Gasteiger partial charge on any atom is 0.277 e. The standard InChI is InChI=1S/C24H23BrClFN4O3/c1-3-5-6-15(4-2)13-31-14-28-23-20(31)12-17(24(33)30-34-10-9-32)22(21(23)27)29-19-8-7-16(25)11-18(19)26/h3-8,11-12,14,29,32H,2,9-10,13H2,1H3,(H,30,33)/b5-3-,15-6+. The van der Waals surface area contributed by atoms with Crippen molar-refractivity contribution in [3.8, 4) is 0 Å². The highest BCUT2D eigenvalue weighted by atomic mass is 79.9. The summed E-state index contributed by atoms with van der Waals surface area (Å²) >= 11 is 9.62. The Balaban J connectivity index is 2.12. The molecule has 0 bridgehead atoms. The first kappa shape index (κ1) is 25.6. The predicted octanol–water partition coefficient (Wildman–Crippen LogP) is 5.68. The number of fused-ring (bicyclic) bond motifs is 1. The highest BCUT2D eigenvalue weighted by molar-refractivity contribution is 9.10. The molecule has 3 aromatic rings. The van der Waals surface area contributed by atoms with Gasteiger partial charge >= 0.3 is 0 Å². The number of anilines is 2. The Morgan fingerprint density at radius 2 is 2.21 bits per heavy atom. The summed E-state index contributed by atoms with van der Waals surface area (Å²) in [7, 11) is 0. The summed E-state index contributed by atoms with van der Waals surface area (Å²) in [5, 5.41) is 12.2. The second-order valence-electron chi connectivity index (χ2n) is 7.08. The van der Waals surface area contributed by atoms with Crippen LogP contribution in [0.5, 0.6) is 0 Å². The number of carbonyl (C=O) groups excluding carboxylic acids is 1. The van der Waals surface area contributed by atoms with Crippen molar-refractivity contribution >= 4 is 55.8 Å². The van der Waals surface area contributed by atoms with Gasteiger partial charge in [-0.1, -0.05) is 58.4 Å². The van der Waals surface area contributed by atoms with Crippen molar-refractivity contribution in [3.63, 3.8) is 0 Å². The zero-order chi connectivity index (χ0) is 24.7. The fourth-order valence-electron chi connectivity index (χ4n) is 3.13. The summed E-state index contributed by atoms with van der Waals surface area (Å²) in [6.45, 7) is 5.68. The van der Waals surface area contributed by atoms with Gasteiger partial charge in [0.15, 0.2) is 5.82 Å². The molecule has 0 saturated carbocycles. The third-order valence-corrected chi connectivity index (χ3v) is 5.57. The van der Waals surface area contributed by atoms with Gasteiger partial charge in [-0.25, -0.2) is 14.9 Å². The molecule has 2 aromatic carbocycles. The fourth-order valence-corrected chi connectivity index (χ4v) is 3.85. The van der Waals surface area contributed by atoms with E-state index in [1.165, 1.54) is 12.4 Å². The van der Waals surface area contributed by atoms with E-state index in [0.29, 0.717) is 22.8 Å². The van der Waals surface area contributed by atoms with Gasteiger partial charge < -0.3 is 15.0 Å². The van der Waals surface area contributed by atoms with Crippen molar-refractivity contribution in [2.75, 3.05) is 18.5 Å². The summed E-state index contributed by atoms with van der Waals surface area (Å²) in [5.41, 5.74) is 3.85. The largest absolute Gasteiger partial charge is 0.394 e. The van der Waals surface area contributed by atoms with Crippen LogP contribution >= 0.6 is 27.5 Å². The van der Waals surface area contributed by atoms with Crippen LogP contribution < -0.4 is 10.8 Å². The molecule has 178 valence electrons. The van der Waals surface area contributed by atoms with Crippen molar-refractivity contribution in [2.24, 2.45) is 0 Å². The normalized spacial score (nSPS) is 11.9. The van der Waals surface area contributed by atoms with E-state index < -0.39 is 11.7 Å². The Kier molecular flexibility index (Phi) is 9.00. The second-order valence-corrected chi connectivity index (χ2v) is 8.40. The molecule has 1 heterocycles. The molecule has 0 radical (unpaired) electrons. The number of hydrogen-bond donors (Lipinski definition) is 3. The third kappa shape index (κ3) is 5.92. The number of halogens is 3. The van der Waals surface area contributed by atoms with Crippen molar-refractivity contribution in [2.45, 2.75) is 13.5 Å². The number of aliphatic hydroxyl groups excluding tert-OH is 1. The van der Waals surface area contributed by atoms with Gasteiger partial charge in [0.2, 0.25) is 0 Å². The van der Waals surface area contributed by atoms with Crippen LogP contribution in [0.15, 0.2) is 71.5 Å². The molecule has 10 heteroatoms. The number of carbonyl (C=O) groups is 1. The lowest BCUT2D eigenvalue weighted by atomic mass is 10.1. The lowest BCUT2D eigenvalue weighted by Gasteiger charge is -2.16. The van der Waals surface area contributed by atoms with Crippen molar-refractivity contribution in [1.29, 1.82) is 0 Å². The number of rotatable bonds is 10. The van der Waals surface area contributed by atoms with E-state index in [9.17, 15) is 4.79 Å². The summed E-state index contributed by atoms with van der Waals surface area (Å²) < 4.78 is 18.2. The van der Waals surface area contributed by atoms with Gasteiger partial charge in [-0.15, -0.1) is 0 Å². The smallest absolute Gasteiger partial charge is 0.277 e. The van der Waals surface area contributed by atoms with E-state index >= 15 is 4.39 Å². The van der Waals surface area contributed by atoms with E-state index in [4.69, 9.17) is 21.5 Å². The number of amides is 1. The topological polar surface area (TPSA) is 88.4 Å². The molecule has 0 aliphatic carbocycles. The summed E-state index contributed by atoms with van der Waals surface area (Å²) in [6.07, 6.45) is 8.84. The monoisotopic (exact) mass is 548 g/mol. The number of nitrogens with one attached hydrogen (secondary N) is 2. The average Bonchev–Trinajstić information content (AvgIpc) is 3.22. The molecule has 0 spiro atoms. The summed E-state index contributed by atoms with van der Waals surface area (Å²) in [5.74, 6) is -1.42. The van der Waals surface area contributed by atoms with Gasteiger partial charge in [0.1, 0.15) is 5.52 Å². The van der Waals surface area contributed by atoms with Gasteiger partial charge in [-0.05, 0) is 36.8 Å². The molecule has 1 amide bonds. The minimum absolute atomic E-state index is 0.0266. The molecular formula is C24H23BrClFN4O3. The molecule has 0 unspecified atom stereocenters. The molecule has 0 aliphatic rings. The molecule has 0 saturated heterocycles. The van der Waals surface area contributed by atoms with E-state index in [1.807, 2.05) is 25.2 Å². The number of benzene rings is 2. The Bertz CT molecular complexity index is 1270. The molecule has 3 rings (SSSR count). The molecule has 0 fully saturated rings. The van der Waals surface area contributed by atoms with Crippen LogP contribution in [0.2, 0.25) is 5.02 Å². The summed E-state index contributed by atoms with van der Waals surface area (Å²) in [6, 6.07) is 6.56. The van der Waals surface area contributed by atoms with Gasteiger partial charge in [-0.3, -0.25) is 9.63 Å². The molecule has 1 aromatic heterocycles. The van der Waals surface area contributed by atoms with Crippen LogP contribution in [-0.4, -0.2) is 33.8 Å². The molecule has 0 aliphatic heterocycles. The predicted molar refractivity (Wildman–Crippen MR) is 136 cm³/mol. The molecular weight excluding hydrogens is 527 g/mol. The van der Waals surface area contributed by atoms with Crippen LogP contribution in [0.1, 0.15) is 17.3 Å². The van der Waals surface area contributed by atoms with Crippen LogP contribution in [-0.2, 0) is 11.4 Å². The molecule has 34 heavy (non-hydrogen) atoms. The Morgan fingerprint density at radius 3 is 2.88 bits per heavy atom. The zero-order valence-electron chi connectivity index (χ0n) is 18.3. The van der Waals surface area contributed by atoms with E-state index in [2.05, 4.69) is 38.3 Å². The number of imidazole rings is 1. The maximum atomic E-state index is 15.7. The van der Waals surface area contributed by atoms with Gasteiger partial charge in [-0.2, -0.15) is 0 Å². The Morgan fingerprint density at radius 1 is 1.41 bits per heavy atom. The molecule has 3 N–H and O–H groups in total. The number of hydrogen-bond acceptors (Lipinski definition) is 5. The van der Waals surface area contributed by atoms with Crippen LogP contribution in [0.3, 0.4) is 0 Å². The quantitative estimate of drug-likeness (QED) is 0.172. The van der Waals surface area contributed by atoms with E-state index in [0.717, 1.165) is 10.0 Å². The number of nitrogens with zero attached hydrogens (tertiary/aromatic N) is 2. The highest BCUT2D eigenvalue weighted by Crippen LogP contribution is 2.34. The first-order valence-corrected chi connectivity index (χ1v) is 11.4. The minimum Gasteiger partial charge on any atom is -0.394 e. The van der Waals surface area contributed by atoms with Crippen LogP contribution in [0, 0.1) is 5.82 Å². The van der Waals surface area contributed by atoms with E-state index in [-0.39, 0.29) is 30.0 Å². The zero-order valence-corrected chi connectivity index (χ0v) is 20.7. The Hall–Kier alpha value is -2.98. The minimum atomic E-state index is -0.722. The maximum absolute atomic E-state index is 15.7. The number of allylic oxidation sites excluding steroid dienone is 5. The number of aliphatic hydroxyl groups is 1.